The average molecular weight is 411 g/mol. The summed E-state index contributed by atoms with van der Waals surface area (Å²) in [6.45, 7) is 0.288. The number of amides is 2. The first-order chi connectivity index (χ1) is 14.0. The number of halogens is 2. The van der Waals surface area contributed by atoms with E-state index in [4.69, 9.17) is 4.42 Å². The van der Waals surface area contributed by atoms with Gasteiger partial charge in [-0.3, -0.25) is 14.5 Å². The number of thioether (sulfide) groups is 1. The molecule has 2 heterocycles. The van der Waals surface area contributed by atoms with Crippen molar-refractivity contribution in [1.29, 1.82) is 0 Å². The van der Waals surface area contributed by atoms with Crippen molar-refractivity contribution >= 4 is 29.0 Å². The minimum atomic E-state index is -0.743. The maximum absolute atomic E-state index is 13.9. The lowest BCUT2D eigenvalue weighted by atomic mass is 10.1. The van der Waals surface area contributed by atoms with Gasteiger partial charge in [0.05, 0.1) is 10.5 Å². The first-order valence-corrected chi connectivity index (χ1v) is 9.67. The molecule has 0 radical (unpaired) electrons. The van der Waals surface area contributed by atoms with Crippen LogP contribution < -0.4 is 0 Å². The zero-order valence-corrected chi connectivity index (χ0v) is 15.9. The fourth-order valence-corrected chi connectivity index (χ4v) is 3.82. The Morgan fingerprint density at radius 2 is 1.79 bits per heavy atom. The second-order valence-electron chi connectivity index (χ2n) is 6.40. The smallest absolute Gasteiger partial charge is 0.293 e. The lowest BCUT2D eigenvalue weighted by molar-refractivity contribution is -0.122. The Balaban J connectivity index is 1.49. The highest BCUT2D eigenvalue weighted by atomic mass is 32.2. The molecule has 146 valence electrons. The Morgan fingerprint density at radius 1 is 1.00 bits per heavy atom. The van der Waals surface area contributed by atoms with Crippen LogP contribution in [0.25, 0.3) is 17.4 Å². The third kappa shape index (κ3) is 4.14. The van der Waals surface area contributed by atoms with Gasteiger partial charge in [-0.1, -0.05) is 30.3 Å². The maximum atomic E-state index is 13.9. The number of nitrogens with zero attached hydrogens (tertiary/aromatic N) is 1. The molecule has 0 N–H and O–H groups in total. The van der Waals surface area contributed by atoms with Gasteiger partial charge in [0.15, 0.2) is 0 Å². The second-order valence-corrected chi connectivity index (χ2v) is 7.39. The van der Waals surface area contributed by atoms with Gasteiger partial charge in [0.25, 0.3) is 11.1 Å². The molecular weight excluding hydrogens is 396 g/mol. The predicted molar refractivity (Wildman–Crippen MR) is 107 cm³/mol. The van der Waals surface area contributed by atoms with E-state index in [1.165, 1.54) is 23.1 Å². The Hall–Kier alpha value is -3.19. The molecule has 0 saturated carbocycles. The summed E-state index contributed by atoms with van der Waals surface area (Å²) in [5, 5.41) is -0.339. The van der Waals surface area contributed by atoms with Crippen molar-refractivity contribution in [1.82, 2.24) is 4.90 Å². The first-order valence-electron chi connectivity index (χ1n) is 8.86. The van der Waals surface area contributed by atoms with Crippen molar-refractivity contribution in [3.63, 3.8) is 0 Å². The Labute approximate surface area is 169 Å². The molecule has 3 aromatic rings. The van der Waals surface area contributed by atoms with Gasteiger partial charge in [0.2, 0.25) is 0 Å². The van der Waals surface area contributed by atoms with Crippen LogP contribution in [0.3, 0.4) is 0 Å². The Kier molecular flexibility index (Phi) is 5.31. The largest absolute Gasteiger partial charge is 0.457 e. The van der Waals surface area contributed by atoms with E-state index in [1.807, 2.05) is 30.3 Å². The van der Waals surface area contributed by atoms with Crippen LogP contribution in [0.4, 0.5) is 13.6 Å². The summed E-state index contributed by atoms with van der Waals surface area (Å²) in [6.07, 6.45) is 2.03. The molecule has 1 aliphatic rings. The van der Waals surface area contributed by atoms with Crippen LogP contribution in [0, 0.1) is 11.6 Å². The molecule has 0 atom stereocenters. The number of hydrogen-bond donors (Lipinski definition) is 0. The number of rotatable bonds is 5. The number of imide groups is 1. The van der Waals surface area contributed by atoms with Crippen molar-refractivity contribution in [2.24, 2.45) is 0 Å². The van der Waals surface area contributed by atoms with Gasteiger partial charge in [-0.25, -0.2) is 8.78 Å². The fraction of sp³-hybridized carbons (Fsp3) is 0.0909. The van der Waals surface area contributed by atoms with E-state index in [2.05, 4.69) is 0 Å². The van der Waals surface area contributed by atoms with Gasteiger partial charge in [-0.05, 0) is 48.0 Å². The molecule has 0 bridgehead atoms. The van der Waals surface area contributed by atoms with E-state index < -0.39 is 11.6 Å². The molecule has 1 fully saturated rings. The predicted octanol–water partition coefficient (Wildman–Crippen LogP) is 5.50. The minimum absolute atomic E-state index is 0.113. The molecule has 2 amide bonds. The number of benzene rings is 2. The van der Waals surface area contributed by atoms with E-state index in [1.54, 1.807) is 6.07 Å². The molecule has 7 heteroatoms. The Morgan fingerprint density at radius 3 is 2.55 bits per heavy atom. The van der Waals surface area contributed by atoms with E-state index in [0.717, 1.165) is 29.5 Å². The SMILES string of the molecule is O=C1S/C(=C/c2ccc(-c3ccc(F)cc3F)o2)C(=O)N1CCc1ccccc1. The highest BCUT2D eigenvalue weighted by Gasteiger charge is 2.34. The molecule has 0 aliphatic carbocycles. The molecule has 4 nitrogen and oxygen atoms in total. The van der Waals surface area contributed by atoms with Crippen LogP contribution in [0.15, 0.2) is 70.0 Å². The van der Waals surface area contributed by atoms with E-state index in [-0.39, 0.29) is 33.9 Å². The summed E-state index contributed by atoms with van der Waals surface area (Å²) in [4.78, 5) is 26.2. The van der Waals surface area contributed by atoms with Crippen molar-refractivity contribution in [3.05, 3.63) is 88.5 Å². The van der Waals surface area contributed by atoms with Crippen molar-refractivity contribution in [3.8, 4) is 11.3 Å². The standard InChI is InChI=1S/C22H15F2NO3S/c23-15-6-8-17(18(24)12-15)19-9-7-16(28-19)13-20-21(26)25(22(27)29-20)11-10-14-4-2-1-3-5-14/h1-9,12-13H,10-11H2/b20-13+. The molecule has 0 spiro atoms. The third-order valence-electron chi connectivity index (χ3n) is 4.44. The summed E-state index contributed by atoms with van der Waals surface area (Å²) < 4.78 is 32.6. The van der Waals surface area contributed by atoms with E-state index >= 15 is 0 Å². The van der Waals surface area contributed by atoms with Gasteiger partial charge in [0.1, 0.15) is 23.2 Å². The van der Waals surface area contributed by atoms with Crippen molar-refractivity contribution in [2.45, 2.75) is 6.42 Å². The maximum Gasteiger partial charge on any atom is 0.293 e. The molecule has 29 heavy (non-hydrogen) atoms. The van der Waals surface area contributed by atoms with Gasteiger partial charge in [0, 0.05) is 18.7 Å². The molecule has 4 rings (SSSR count). The molecule has 2 aromatic carbocycles. The highest BCUT2D eigenvalue weighted by Crippen LogP contribution is 2.33. The van der Waals surface area contributed by atoms with Gasteiger partial charge in [-0.2, -0.15) is 0 Å². The van der Waals surface area contributed by atoms with Crippen LogP contribution in [-0.2, 0) is 11.2 Å². The molecule has 0 unspecified atom stereocenters. The first kappa shape index (κ1) is 19.1. The quantitative estimate of drug-likeness (QED) is 0.520. The zero-order chi connectivity index (χ0) is 20.4. The summed E-state index contributed by atoms with van der Waals surface area (Å²) in [6, 6.07) is 15.9. The van der Waals surface area contributed by atoms with Gasteiger partial charge < -0.3 is 4.42 Å². The average Bonchev–Trinajstić information content (AvgIpc) is 3.26. The van der Waals surface area contributed by atoms with Crippen molar-refractivity contribution in [2.75, 3.05) is 6.54 Å². The number of furan rings is 1. The topological polar surface area (TPSA) is 50.5 Å². The number of carbonyl (C=O) groups is 2. The van der Waals surface area contributed by atoms with Gasteiger partial charge in [-0.15, -0.1) is 0 Å². The van der Waals surface area contributed by atoms with Crippen LogP contribution >= 0.6 is 11.8 Å². The normalized spacial score (nSPS) is 15.5. The molecule has 1 aliphatic heterocycles. The summed E-state index contributed by atoms with van der Waals surface area (Å²) in [5.41, 5.74) is 1.15. The number of carbonyl (C=O) groups excluding carboxylic acids is 2. The lowest BCUT2D eigenvalue weighted by Crippen LogP contribution is -2.30. The van der Waals surface area contributed by atoms with E-state index in [0.29, 0.717) is 12.2 Å². The zero-order valence-electron chi connectivity index (χ0n) is 15.1. The third-order valence-corrected chi connectivity index (χ3v) is 5.34. The summed E-state index contributed by atoms with van der Waals surface area (Å²) in [7, 11) is 0. The minimum Gasteiger partial charge on any atom is -0.457 e. The molecule has 1 saturated heterocycles. The summed E-state index contributed by atoms with van der Waals surface area (Å²) >= 11 is 0.837. The van der Waals surface area contributed by atoms with Crippen LogP contribution in [0.5, 0.6) is 0 Å². The van der Waals surface area contributed by atoms with Crippen molar-refractivity contribution < 1.29 is 22.8 Å². The van der Waals surface area contributed by atoms with Gasteiger partial charge >= 0.3 is 0 Å². The van der Waals surface area contributed by atoms with Crippen LogP contribution in [-0.4, -0.2) is 22.6 Å². The Bertz CT molecular complexity index is 1110. The molecular formula is C22H15F2NO3S. The number of hydrogen-bond acceptors (Lipinski definition) is 4. The summed E-state index contributed by atoms with van der Waals surface area (Å²) in [5.74, 6) is -1.30. The van der Waals surface area contributed by atoms with Crippen LogP contribution in [0.2, 0.25) is 0 Å². The van der Waals surface area contributed by atoms with E-state index in [9.17, 15) is 18.4 Å². The second kappa shape index (κ2) is 8.05. The van der Waals surface area contributed by atoms with Crippen LogP contribution in [0.1, 0.15) is 11.3 Å². The highest BCUT2D eigenvalue weighted by molar-refractivity contribution is 8.18. The monoisotopic (exact) mass is 411 g/mol. The molecule has 1 aromatic heterocycles. The fourth-order valence-electron chi connectivity index (χ4n) is 2.97. The lowest BCUT2D eigenvalue weighted by Gasteiger charge is -2.11.